The quantitative estimate of drug-likeness (QED) is 0.299. The zero-order valence-corrected chi connectivity index (χ0v) is 20.5. The van der Waals surface area contributed by atoms with E-state index in [1.54, 1.807) is 36.8 Å². The Morgan fingerprint density at radius 3 is 2.47 bits per heavy atom. The maximum absolute atomic E-state index is 8.36. The molecule has 0 spiro atoms. The summed E-state index contributed by atoms with van der Waals surface area (Å²) < 4.78 is 20.2. The molecular weight excluding hydrogens is 532 g/mol. The summed E-state index contributed by atoms with van der Waals surface area (Å²) in [6, 6.07) is 10.6. The standard InChI is InChI=1S/C21H18Cl4N2O3.HNO3/c22-15-2-1-14(19(24)7-15)9-28-10-17-11-29-21(30-17,12-27-6-5-26-13-27)18-4-3-16(23)8-20(18)25;2-1(3)4/h1-8,13,17H,9-12H2;(H,2,3,4). The molecule has 1 N–H and O–H groups in total. The summed E-state index contributed by atoms with van der Waals surface area (Å²) in [4.78, 5) is 12.5. The molecule has 9 nitrogen and oxygen atoms in total. The third kappa shape index (κ3) is 7.19. The van der Waals surface area contributed by atoms with Crippen LogP contribution in [0.4, 0.5) is 0 Å². The number of ether oxygens (including phenoxy) is 3. The summed E-state index contributed by atoms with van der Waals surface area (Å²) in [5.41, 5.74) is 1.55. The molecule has 0 amide bonds. The minimum atomic E-state index is -1.50. The third-order valence-electron chi connectivity index (χ3n) is 4.73. The van der Waals surface area contributed by atoms with Gasteiger partial charge >= 0.3 is 0 Å². The van der Waals surface area contributed by atoms with Crippen molar-refractivity contribution in [1.29, 1.82) is 0 Å². The highest BCUT2D eigenvalue weighted by Gasteiger charge is 2.45. The van der Waals surface area contributed by atoms with Crippen LogP contribution in [-0.2, 0) is 33.1 Å². The van der Waals surface area contributed by atoms with Crippen molar-refractivity contribution in [2.24, 2.45) is 0 Å². The van der Waals surface area contributed by atoms with Crippen molar-refractivity contribution >= 4 is 46.4 Å². The SMILES string of the molecule is Clc1ccc(COCC2COC(Cn3ccnc3)(c3ccc(Cl)cc3Cl)O2)c(Cl)c1.O=[N+]([O-])O. The Hall–Kier alpha value is -2.11. The zero-order chi connectivity index (χ0) is 24.7. The molecule has 13 heteroatoms. The maximum atomic E-state index is 8.36. The lowest BCUT2D eigenvalue weighted by Crippen LogP contribution is -2.34. The lowest BCUT2D eigenvalue weighted by Gasteiger charge is -2.30. The lowest BCUT2D eigenvalue weighted by molar-refractivity contribution is -0.742. The molecule has 2 unspecified atom stereocenters. The van der Waals surface area contributed by atoms with Crippen LogP contribution in [0.25, 0.3) is 0 Å². The van der Waals surface area contributed by atoms with E-state index in [0.29, 0.717) is 52.0 Å². The number of rotatable bonds is 7. The van der Waals surface area contributed by atoms with Crippen LogP contribution in [0.15, 0.2) is 55.1 Å². The Morgan fingerprint density at radius 1 is 1.18 bits per heavy atom. The van der Waals surface area contributed by atoms with Crippen molar-refractivity contribution in [2.45, 2.75) is 25.0 Å². The molecule has 4 rings (SSSR count). The summed E-state index contributed by atoms with van der Waals surface area (Å²) >= 11 is 24.7. The molecule has 1 fully saturated rings. The van der Waals surface area contributed by atoms with Crippen molar-refractivity contribution < 1.29 is 24.5 Å². The van der Waals surface area contributed by atoms with Gasteiger partial charge in [0.2, 0.25) is 5.79 Å². The Labute approximate surface area is 214 Å². The van der Waals surface area contributed by atoms with Crippen LogP contribution in [0.5, 0.6) is 0 Å². The van der Waals surface area contributed by atoms with E-state index < -0.39 is 10.9 Å². The highest BCUT2D eigenvalue weighted by atomic mass is 35.5. The molecule has 0 saturated carbocycles. The van der Waals surface area contributed by atoms with Gasteiger partial charge in [0.1, 0.15) is 6.10 Å². The van der Waals surface area contributed by atoms with Gasteiger partial charge in [-0.3, -0.25) is 0 Å². The molecule has 1 aromatic heterocycles. The van der Waals surface area contributed by atoms with Crippen molar-refractivity contribution in [3.05, 3.63) is 96.5 Å². The van der Waals surface area contributed by atoms with Crippen LogP contribution >= 0.6 is 46.4 Å². The molecule has 1 aliphatic heterocycles. The van der Waals surface area contributed by atoms with E-state index >= 15 is 0 Å². The monoisotopic (exact) mass is 549 g/mol. The van der Waals surface area contributed by atoms with Crippen LogP contribution < -0.4 is 0 Å². The van der Waals surface area contributed by atoms with Gasteiger partial charge < -0.3 is 24.0 Å². The Morgan fingerprint density at radius 2 is 1.85 bits per heavy atom. The first-order valence-corrected chi connectivity index (χ1v) is 11.3. The van der Waals surface area contributed by atoms with E-state index in [2.05, 4.69) is 4.98 Å². The number of hydrogen-bond donors (Lipinski definition) is 1. The van der Waals surface area contributed by atoms with Crippen LogP contribution in [0.3, 0.4) is 0 Å². The molecule has 3 aromatic rings. The molecule has 182 valence electrons. The second-order valence-electron chi connectivity index (χ2n) is 7.15. The molecule has 0 aliphatic carbocycles. The fourth-order valence-electron chi connectivity index (χ4n) is 3.31. The van der Waals surface area contributed by atoms with E-state index in [0.717, 1.165) is 5.56 Å². The Balaban J connectivity index is 0.000000751. The minimum Gasteiger partial charge on any atom is -0.374 e. The number of nitrogens with zero attached hydrogens (tertiary/aromatic N) is 3. The van der Waals surface area contributed by atoms with Crippen LogP contribution in [0.2, 0.25) is 20.1 Å². The van der Waals surface area contributed by atoms with Gasteiger partial charge in [-0.05, 0) is 29.8 Å². The molecule has 0 bridgehead atoms. The third-order valence-corrected chi connectivity index (χ3v) is 5.86. The first kappa shape index (κ1) is 26.5. The van der Waals surface area contributed by atoms with Crippen molar-refractivity contribution in [3.8, 4) is 0 Å². The highest BCUT2D eigenvalue weighted by molar-refractivity contribution is 6.35. The number of halogens is 4. The van der Waals surface area contributed by atoms with Gasteiger partial charge in [-0.2, -0.15) is 0 Å². The molecule has 1 saturated heterocycles. The topological polar surface area (TPSA) is 109 Å². The summed E-state index contributed by atoms with van der Waals surface area (Å²) in [7, 11) is 0. The van der Waals surface area contributed by atoms with Gasteiger partial charge in [0, 0.05) is 33.0 Å². The summed E-state index contributed by atoms with van der Waals surface area (Å²) in [5.74, 6) is -1.08. The number of imidazole rings is 1. The van der Waals surface area contributed by atoms with Crippen molar-refractivity contribution in [1.82, 2.24) is 9.55 Å². The summed E-state index contributed by atoms with van der Waals surface area (Å²) in [6.07, 6.45) is 4.95. The van der Waals surface area contributed by atoms with Crippen LogP contribution in [-0.4, -0.2) is 39.2 Å². The number of aromatic nitrogens is 2. The van der Waals surface area contributed by atoms with E-state index in [1.165, 1.54) is 0 Å². The fourth-order valence-corrected chi connectivity index (χ4v) is 4.33. The van der Waals surface area contributed by atoms with Gasteiger partial charge in [0.05, 0.1) is 37.7 Å². The molecule has 2 aromatic carbocycles. The second-order valence-corrected chi connectivity index (χ2v) is 8.84. The first-order chi connectivity index (χ1) is 16.2. The smallest absolute Gasteiger partial charge is 0.291 e. The fraction of sp³-hybridized carbons (Fsp3) is 0.286. The molecule has 2 atom stereocenters. The molecule has 2 heterocycles. The van der Waals surface area contributed by atoms with Gasteiger partial charge in [0.15, 0.2) is 0 Å². The second kappa shape index (κ2) is 12.0. The highest BCUT2D eigenvalue weighted by Crippen LogP contribution is 2.40. The summed E-state index contributed by atoms with van der Waals surface area (Å²) in [6.45, 7) is 1.40. The molecule has 34 heavy (non-hydrogen) atoms. The first-order valence-electron chi connectivity index (χ1n) is 9.76. The Bertz CT molecular complexity index is 1110. The van der Waals surface area contributed by atoms with Gasteiger partial charge in [-0.1, -0.05) is 58.5 Å². The van der Waals surface area contributed by atoms with Crippen molar-refractivity contribution in [2.75, 3.05) is 13.2 Å². The molecule has 0 radical (unpaired) electrons. The number of benzene rings is 2. The average Bonchev–Trinajstić information content (AvgIpc) is 3.40. The largest absolute Gasteiger partial charge is 0.374 e. The molecular formula is C21H19Cl4N3O6. The summed E-state index contributed by atoms with van der Waals surface area (Å²) in [5, 5.41) is 15.8. The lowest BCUT2D eigenvalue weighted by atomic mass is 10.1. The predicted molar refractivity (Wildman–Crippen MR) is 126 cm³/mol. The number of hydrogen-bond acceptors (Lipinski definition) is 6. The normalized spacial score (nSPS) is 19.5. The molecule has 1 aliphatic rings. The van der Waals surface area contributed by atoms with E-state index in [9.17, 15) is 0 Å². The van der Waals surface area contributed by atoms with Gasteiger partial charge in [-0.15, -0.1) is 10.1 Å². The predicted octanol–water partition coefficient (Wildman–Crippen LogP) is 5.63. The van der Waals surface area contributed by atoms with Crippen molar-refractivity contribution in [3.63, 3.8) is 0 Å². The Kier molecular flexibility index (Phi) is 9.38. The minimum absolute atomic E-state index is 0.286. The van der Waals surface area contributed by atoms with Gasteiger partial charge in [0.25, 0.3) is 5.09 Å². The zero-order valence-electron chi connectivity index (χ0n) is 17.4. The van der Waals surface area contributed by atoms with Crippen LogP contribution in [0, 0.1) is 10.1 Å². The van der Waals surface area contributed by atoms with E-state index in [-0.39, 0.29) is 6.10 Å². The van der Waals surface area contributed by atoms with E-state index in [4.69, 9.17) is 75.9 Å². The van der Waals surface area contributed by atoms with Crippen LogP contribution in [0.1, 0.15) is 11.1 Å². The van der Waals surface area contributed by atoms with Gasteiger partial charge in [-0.25, -0.2) is 4.98 Å². The maximum Gasteiger partial charge on any atom is 0.291 e. The van der Waals surface area contributed by atoms with E-state index in [1.807, 2.05) is 22.9 Å². The average molecular weight is 551 g/mol.